The summed E-state index contributed by atoms with van der Waals surface area (Å²) >= 11 is 0. The van der Waals surface area contributed by atoms with E-state index in [2.05, 4.69) is 15.5 Å². The molecule has 2 aromatic rings. The zero-order valence-electron chi connectivity index (χ0n) is 16.1. The molecule has 1 amide bonds. The van der Waals surface area contributed by atoms with E-state index in [4.69, 9.17) is 4.74 Å². The molecule has 7 heteroatoms. The first-order chi connectivity index (χ1) is 13.1. The minimum Gasteiger partial charge on any atom is -0.496 e. The quantitative estimate of drug-likeness (QED) is 0.726. The van der Waals surface area contributed by atoms with Crippen LogP contribution in [0.4, 0.5) is 5.69 Å². The average molecular weight is 404 g/mol. The number of anilines is 1. The summed E-state index contributed by atoms with van der Waals surface area (Å²) < 4.78 is 5.50. The van der Waals surface area contributed by atoms with Gasteiger partial charge >= 0.3 is 0 Å². The van der Waals surface area contributed by atoms with Gasteiger partial charge < -0.3 is 15.4 Å². The van der Waals surface area contributed by atoms with Crippen molar-refractivity contribution in [2.75, 3.05) is 38.6 Å². The highest BCUT2D eigenvalue weighted by atomic mass is 35.5. The van der Waals surface area contributed by atoms with Gasteiger partial charge in [0.15, 0.2) is 5.78 Å². The minimum absolute atomic E-state index is 0. The first-order valence-corrected chi connectivity index (χ1v) is 9.07. The number of nitrogens with one attached hydrogen (secondary N) is 2. The fraction of sp³-hybridized carbons (Fsp3) is 0.333. The number of methoxy groups -OCH3 is 1. The van der Waals surface area contributed by atoms with Crippen LogP contribution < -0.4 is 15.4 Å². The number of nitrogens with zero attached hydrogens (tertiary/aromatic N) is 1. The second-order valence-electron chi connectivity index (χ2n) is 6.58. The topological polar surface area (TPSA) is 70.7 Å². The van der Waals surface area contributed by atoms with E-state index in [-0.39, 0.29) is 36.7 Å². The van der Waals surface area contributed by atoms with E-state index < -0.39 is 0 Å². The van der Waals surface area contributed by atoms with Crippen molar-refractivity contribution < 1.29 is 14.3 Å². The zero-order valence-corrected chi connectivity index (χ0v) is 16.9. The molecule has 28 heavy (non-hydrogen) atoms. The minimum atomic E-state index is -0.134. The van der Waals surface area contributed by atoms with Crippen molar-refractivity contribution in [2.24, 2.45) is 0 Å². The van der Waals surface area contributed by atoms with Gasteiger partial charge in [-0.05, 0) is 25.1 Å². The number of halogens is 1. The van der Waals surface area contributed by atoms with Crippen LogP contribution >= 0.6 is 12.4 Å². The van der Waals surface area contributed by atoms with Crippen molar-refractivity contribution in [3.8, 4) is 5.75 Å². The zero-order chi connectivity index (χ0) is 19.2. The van der Waals surface area contributed by atoms with Crippen molar-refractivity contribution in [1.29, 1.82) is 0 Å². The van der Waals surface area contributed by atoms with Gasteiger partial charge in [0.2, 0.25) is 5.91 Å². The van der Waals surface area contributed by atoms with Gasteiger partial charge in [-0.2, -0.15) is 0 Å². The third kappa shape index (κ3) is 5.10. The van der Waals surface area contributed by atoms with Crippen LogP contribution in [0.15, 0.2) is 48.5 Å². The maximum absolute atomic E-state index is 12.7. The molecule has 0 aliphatic carbocycles. The third-order valence-corrected chi connectivity index (χ3v) is 4.78. The molecular weight excluding hydrogens is 378 g/mol. The molecule has 1 atom stereocenters. The maximum atomic E-state index is 12.7. The number of carbonyl (C=O) groups excluding carboxylic acids is 2. The highest BCUT2D eigenvalue weighted by Crippen LogP contribution is 2.30. The highest BCUT2D eigenvalue weighted by Gasteiger charge is 2.27. The fourth-order valence-corrected chi connectivity index (χ4v) is 3.46. The molecule has 0 bridgehead atoms. The molecule has 3 rings (SSSR count). The number of benzene rings is 2. The Morgan fingerprint density at radius 3 is 2.64 bits per heavy atom. The van der Waals surface area contributed by atoms with Crippen molar-refractivity contribution >= 4 is 29.8 Å². The molecule has 6 nitrogen and oxygen atoms in total. The number of carbonyl (C=O) groups is 2. The summed E-state index contributed by atoms with van der Waals surface area (Å²) in [6, 6.07) is 15.0. The van der Waals surface area contributed by atoms with Gasteiger partial charge in [0.05, 0.1) is 25.4 Å². The van der Waals surface area contributed by atoms with E-state index in [1.807, 2.05) is 30.3 Å². The number of rotatable bonds is 6. The van der Waals surface area contributed by atoms with Gasteiger partial charge in [-0.15, -0.1) is 12.4 Å². The molecule has 150 valence electrons. The van der Waals surface area contributed by atoms with Gasteiger partial charge in [-0.1, -0.05) is 30.3 Å². The number of piperazine rings is 1. The predicted molar refractivity (Wildman–Crippen MR) is 113 cm³/mol. The Labute approximate surface area is 171 Å². The second-order valence-corrected chi connectivity index (χ2v) is 6.58. The molecule has 0 saturated carbocycles. The third-order valence-electron chi connectivity index (χ3n) is 4.78. The molecule has 1 heterocycles. The first-order valence-electron chi connectivity index (χ1n) is 9.07. The van der Waals surface area contributed by atoms with Crippen LogP contribution in [0.1, 0.15) is 28.9 Å². The number of Topliss-reactive ketones (excluding diaryl/α,β-unsaturated/α-hetero) is 1. The summed E-state index contributed by atoms with van der Waals surface area (Å²) in [6.07, 6.45) is 0. The highest BCUT2D eigenvalue weighted by molar-refractivity contribution is 6.04. The van der Waals surface area contributed by atoms with Crippen molar-refractivity contribution in [2.45, 2.75) is 13.0 Å². The summed E-state index contributed by atoms with van der Waals surface area (Å²) in [5.41, 5.74) is 2.13. The molecule has 1 aliphatic rings. The lowest BCUT2D eigenvalue weighted by Gasteiger charge is -2.36. The Bertz CT molecular complexity index is 828. The molecule has 2 aromatic carbocycles. The lowest BCUT2D eigenvalue weighted by molar-refractivity contribution is -0.118. The molecule has 2 N–H and O–H groups in total. The summed E-state index contributed by atoms with van der Waals surface area (Å²) in [5.74, 6) is 0.615. The predicted octanol–water partition coefficient (Wildman–Crippen LogP) is 2.90. The Balaban J connectivity index is 0.00000280. The lowest BCUT2D eigenvalue weighted by Crippen LogP contribution is -2.48. The first kappa shape index (κ1) is 21.9. The summed E-state index contributed by atoms with van der Waals surface area (Å²) in [5, 5.41) is 6.27. The van der Waals surface area contributed by atoms with Crippen LogP contribution in [0, 0.1) is 0 Å². The number of para-hydroxylation sites is 2. The monoisotopic (exact) mass is 403 g/mol. The van der Waals surface area contributed by atoms with Crippen molar-refractivity contribution in [3.05, 3.63) is 59.7 Å². The van der Waals surface area contributed by atoms with Crippen LogP contribution in [0.25, 0.3) is 0 Å². The van der Waals surface area contributed by atoms with Crippen molar-refractivity contribution in [3.63, 3.8) is 0 Å². The lowest BCUT2D eigenvalue weighted by atomic mass is 10.0. The number of hydrogen-bond acceptors (Lipinski definition) is 5. The SMILES string of the molecule is COc1ccccc1C1CNCCN1CC(=O)Nc1ccccc1C(C)=O.Cl. The van der Waals surface area contributed by atoms with Crippen LogP contribution in [0.3, 0.4) is 0 Å². The van der Waals surface area contributed by atoms with Crippen LogP contribution in [0.5, 0.6) is 5.75 Å². The van der Waals surface area contributed by atoms with E-state index in [0.29, 0.717) is 11.3 Å². The number of hydrogen-bond donors (Lipinski definition) is 2. The maximum Gasteiger partial charge on any atom is 0.238 e. The fourth-order valence-electron chi connectivity index (χ4n) is 3.46. The van der Waals surface area contributed by atoms with Crippen LogP contribution in [-0.2, 0) is 4.79 Å². The Hall–Kier alpha value is -2.41. The van der Waals surface area contributed by atoms with E-state index >= 15 is 0 Å². The smallest absolute Gasteiger partial charge is 0.238 e. The molecule has 0 aromatic heterocycles. The molecule has 1 unspecified atom stereocenters. The molecule has 1 aliphatic heterocycles. The van der Waals surface area contributed by atoms with Crippen LogP contribution in [-0.4, -0.2) is 49.9 Å². The van der Waals surface area contributed by atoms with Gasteiger partial charge in [0.25, 0.3) is 0 Å². The van der Waals surface area contributed by atoms with Crippen molar-refractivity contribution in [1.82, 2.24) is 10.2 Å². The normalized spacial score (nSPS) is 16.7. The van der Waals surface area contributed by atoms with Gasteiger partial charge in [0.1, 0.15) is 5.75 Å². The Morgan fingerprint density at radius 2 is 1.89 bits per heavy atom. The van der Waals surface area contributed by atoms with E-state index in [0.717, 1.165) is 30.9 Å². The van der Waals surface area contributed by atoms with E-state index in [1.54, 1.807) is 25.3 Å². The molecule has 0 spiro atoms. The number of ether oxygens (including phenoxy) is 1. The molecule has 1 fully saturated rings. The van der Waals surface area contributed by atoms with Crippen LogP contribution in [0.2, 0.25) is 0 Å². The molecule has 1 saturated heterocycles. The number of amides is 1. The second kappa shape index (κ2) is 10.2. The number of ketones is 1. The van der Waals surface area contributed by atoms with E-state index in [9.17, 15) is 9.59 Å². The average Bonchev–Trinajstić information content (AvgIpc) is 2.68. The summed E-state index contributed by atoms with van der Waals surface area (Å²) in [4.78, 5) is 26.6. The van der Waals surface area contributed by atoms with Gasteiger partial charge in [0, 0.05) is 30.8 Å². The van der Waals surface area contributed by atoms with Gasteiger partial charge in [-0.3, -0.25) is 14.5 Å². The molecule has 0 radical (unpaired) electrons. The largest absolute Gasteiger partial charge is 0.496 e. The van der Waals surface area contributed by atoms with E-state index in [1.165, 1.54) is 6.92 Å². The summed E-state index contributed by atoms with van der Waals surface area (Å²) in [6.45, 7) is 4.07. The Morgan fingerprint density at radius 1 is 1.18 bits per heavy atom. The summed E-state index contributed by atoms with van der Waals surface area (Å²) in [7, 11) is 1.66. The Kier molecular flexibility index (Phi) is 7.99. The standard InChI is InChI=1S/C21H25N3O3.ClH/c1-15(25)16-7-3-5-9-18(16)23-21(26)14-24-12-11-22-13-19(24)17-8-4-6-10-20(17)27-2;/h3-10,19,22H,11-14H2,1-2H3,(H,23,26);1H. The molecular formula is C21H26ClN3O3. The van der Waals surface area contributed by atoms with Gasteiger partial charge in [-0.25, -0.2) is 0 Å².